The number of hydrogen-bond acceptors (Lipinski definition) is 4. The van der Waals surface area contributed by atoms with Gasteiger partial charge in [0.05, 0.1) is 6.61 Å². The Morgan fingerprint density at radius 2 is 1.91 bits per heavy atom. The summed E-state index contributed by atoms with van der Waals surface area (Å²) >= 11 is 0. The second-order valence-corrected chi connectivity index (χ2v) is 6.70. The maximum absolute atomic E-state index is 13.4. The lowest BCUT2D eigenvalue weighted by Gasteiger charge is -2.29. The van der Waals surface area contributed by atoms with E-state index in [2.05, 4.69) is 5.32 Å². The zero-order valence-electron chi connectivity index (χ0n) is 13.9. The van der Waals surface area contributed by atoms with Gasteiger partial charge in [0, 0.05) is 12.8 Å². The average Bonchev–Trinajstić information content (AvgIpc) is 2.75. The Morgan fingerprint density at radius 1 is 1.26 bits per heavy atom. The molecule has 1 aliphatic carbocycles. The first-order valence-corrected chi connectivity index (χ1v) is 7.61. The third-order valence-corrected chi connectivity index (χ3v) is 3.56. The van der Waals surface area contributed by atoms with E-state index in [-0.39, 0.29) is 25.3 Å². The van der Waals surface area contributed by atoms with Gasteiger partial charge < -0.3 is 14.8 Å². The lowest BCUT2D eigenvalue weighted by Crippen LogP contribution is -2.57. The molecule has 23 heavy (non-hydrogen) atoms. The summed E-state index contributed by atoms with van der Waals surface area (Å²) in [5.41, 5.74) is -0.434. The van der Waals surface area contributed by atoms with Crippen LogP contribution in [-0.2, 0) is 27.1 Å². The van der Waals surface area contributed by atoms with E-state index in [0.29, 0.717) is 5.56 Å². The van der Waals surface area contributed by atoms with Gasteiger partial charge in [0.1, 0.15) is 17.0 Å². The monoisotopic (exact) mass is 323 g/mol. The summed E-state index contributed by atoms with van der Waals surface area (Å²) in [6.45, 7) is 7.11. The highest BCUT2D eigenvalue weighted by Gasteiger charge is 2.47. The van der Waals surface area contributed by atoms with Gasteiger partial charge in [-0.05, 0) is 51.0 Å². The number of carbonyl (C=O) groups excluding carboxylic acids is 2. The molecule has 2 rings (SSSR count). The normalized spacial score (nSPS) is 19.9. The quantitative estimate of drug-likeness (QED) is 0.869. The predicted molar refractivity (Wildman–Crippen MR) is 82.5 cm³/mol. The molecule has 6 heteroatoms. The van der Waals surface area contributed by atoms with Crippen LogP contribution in [0.25, 0.3) is 0 Å². The average molecular weight is 323 g/mol. The number of alkyl carbamates (subject to hydrolysis) is 1. The summed E-state index contributed by atoms with van der Waals surface area (Å²) in [6, 6.07) is 4.35. The van der Waals surface area contributed by atoms with Crippen molar-refractivity contribution in [2.75, 3.05) is 6.61 Å². The van der Waals surface area contributed by atoms with Gasteiger partial charge in [0.2, 0.25) is 0 Å². The topological polar surface area (TPSA) is 64.6 Å². The molecule has 0 aromatic heterocycles. The number of benzene rings is 1. The van der Waals surface area contributed by atoms with Crippen LogP contribution in [-0.4, -0.2) is 29.8 Å². The van der Waals surface area contributed by atoms with E-state index < -0.39 is 23.2 Å². The molecule has 0 spiro atoms. The van der Waals surface area contributed by atoms with Crippen LogP contribution < -0.4 is 5.32 Å². The molecule has 1 aliphatic rings. The molecule has 0 radical (unpaired) electrons. The van der Waals surface area contributed by atoms with Gasteiger partial charge in [-0.1, -0.05) is 6.07 Å². The van der Waals surface area contributed by atoms with E-state index in [1.165, 1.54) is 12.1 Å². The van der Waals surface area contributed by atoms with E-state index in [4.69, 9.17) is 9.47 Å². The molecule has 1 atom stereocenters. The van der Waals surface area contributed by atoms with Gasteiger partial charge in [-0.15, -0.1) is 0 Å². The molecule has 0 saturated carbocycles. The van der Waals surface area contributed by atoms with Crippen LogP contribution in [0, 0.1) is 5.82 Å². The Morgan fingerprint density at radius 3 is 2.52 bits per heavy atom. The number of hydrogen-bond donors (Lipinski definition) is 1. The largest absolute Gasteiger partial charge is 0.464 e. The van der Waals surface area contributed by atoms with Crippen LogP contribution in [0.15, 0.2) is 18.2 Å². The number of esters is 1. The number of ether oxygens (including phenoxy) is 2. The van der Waals surface area contributed by atoms with E-state index >= 15 is 0 Å². The van der Waals surface area contributed by atoms with Crippen molar-refractivity contribution in [3.63, 3.8) is 0 Å². The van der Waals surface area contributed by atoms with Crippen molar-refractivity contribution in [1.82, 2.24) is 5.32 Å². The van der Waals surface area contributed by atoms with Crippen molar-refractivity contribution in [2.24, 2.45) is 0 Å². The van der Waals surface area contributed by atoms with Crippen molar-refractivity contribution >= 4 is 12.1 Å². The number of halogens is 1. The molecule has 1 amide bonds. The first-order chi connectivity index (χ1) is 10.6. The van der Waals surface area contributed by atoms with Crippen LogP contribution in [0.2, 0.25) is 0 Å². The summed E-state index contributed by atoms with van der Waals surface area (Å²) in [4.78, 5) is 24.6. The van der Waals surface area contributed by atoms with Gasteiger partial charge >= 0.3 is 12.1 Å². The highest BCUT2D eigenvalue weighted by molar-refractivity contribution is 5.87. The Balaban J connectivity index is 2.26. The Kier molecular flexibility index (Phi) is 4.63. The predicted octanol–water partition coefficient (Wildman–Crippen LogP) is 2.75. The minimum absolute atomic E-state index is 0.179. The van der Waals surface area contributed by atoms with Crippen LogP contribution in [0.1, 0.15) is 38.8 Å². The molecule has 126 valence electrons. The SMILES string of the molecule is CCOC(=O)C1(NC(=O)OC(C)(C)C)Cc2ccc(F)cc2C1. The van der Waals surface area contributed by atoms with Gasteiger partial charge in [-0.2, -0.15) is 0 Å². The van der Waals surface area contributed by atoms with E-state index in [1.54, 1.807) is 33.8 Å². The van der Waals surface area contributed by atoms with E-state index in [0.717, 1.165) is 5.56 Å². The number of rotatable bonds is 3. The van der Waals surface area contributed by atoms with Crippen LogP contribution in [0.3, 0.4) is 0 Å². The molecule has 0 fully saturated rings. The van der Waals surface area contributed by atoms with Crippen molar-refractivity contribution in [2.45, 2.75) is 51.7 Å². The van der Waals surface area contributed by atoms with Gasteiger partial charge in [-0.3, -0.25) is 0 Å². The minimum atomic E-state index is -1.26. The van der Waals surface area contributed by atoms with Crippen molar-refractivity contribution in [3.05, 3.63) is 35.1 Å². The molecule has 0 heterocycles. The molecular formula is C17H22FNO4. The van der Waals surface area contributed by atoms with Crippen LogP contribution in [0.5, 0.6) is 0 Å². The van der Waals surface area contributed by atoms with Crippen molar-refractivity contribution in [1.29, 1.82) is 0 Å². The summed E-state index contributed by atoms with van der Waals surface area (Å²) in [5, 5.41) is 2.64. The Hall–Kier alpha value is -2.11. The molecular weight excluding hydrogens is 301 g/mol. The second kappa shape index (κ2) is 6.18. The zero-order valence-corrected chi connectivity index (χ0v) is 13.9. The lowest BCUT2D eigenvalue weighted by atomic mass is 9.96. The molecule has 5 nitrogen and oxygen atoms in total. The molecule has 0 aliphatic heterocycles. The summed E-state index contributed by atoms with van der Waals surface area (Å²) in [5.74, 6) is -0.914. The number of nitrogens with one attached hydrogen (secondary N) is 1. The number of carbonyl (C=O) groups is 2. The maximum Gasteiger partial charge on any atom is 0.408 e. The lowest BCUT2D eigenvalue weighted by molar-refractivity contribution is -0.150. The minimum Gasteiger partial charge on any atom is -0.464 e. The highest BCUT2D eigenvalue weighted by atomic mass is 19.1. The van der Waals surface area contributed by atoms with Crippen LogP contribution in [0.4, 0.5) is 9.18 Å². The second-order valence-electron chi connectivity index (χ2n) is 6.70. The fraction of sp³-hybridized carbons (Fsp3) is 0.529. The van der Waals surface area contributed by atoms with Gasteiger partial charge in [-0.25, -0.2) is 14.0 Å². The first-order valence-electron chi connectivity index (χ1n) is 7.61. The fourth-order valence-electron chi connectivity index (χ4n) is 2.70. The standard InChI is InChI=1S/C17H22FNO4/c1-5-22-14(20)17(19-15(21)23-16(2,3)4)9-11-6-7-13(18)8-12(11)10-17/h6-8H,5,9-10H2,1-4H3,(H,19,21). The molecule has 0 saturated heterocycles. The number of fused-ring (bicyclic) bond motifs is 1. The smallest absolute Gasteiger partial charge is 0.408 e. The summed E-state index contributed by atoms with van der Waals surface area (Å²) < 4.78 is 23.8. The molecule has 0 bridgehead atoms. The van der Waals surface area contributed by atoms with E-state index in [9.17, 15) is 14.0 Å². The molecule has 1 aromatic rings. The Labute approximate surface area is 135 Å². The summed E-state index contributed by atoms with van der Waals surface area (Å²) in [6.07, 6.45) is -0.266. The molecule has 1 aromatic carbocycles. The van der Waals surface area contributed by atoms with Gasteiger partial charge in [0.25, 0.3) is 0 Å². The van der Waals surface area contributed by atoms with E-state index in [1.807, 2.05) is 0 Å². The molecule has 1 unspecified atom stereocenters. The van der Waals surface area contributed by atoms with Crippen molar-refractivity contribution in [3.8, 4) is 0 Å². The highest BCUT2D eigenvalue weighted by Crippen LogP contribution is 2.32. The maximum atomic E-state index is 13.4. The zero-order chi connectivity index (χ0) is 17.3. The molecule has 1 N–H and O–H groups in total. The third-order valence-electron chi connectivity index (χ3n) is 3.56. The van der Waals surface area contributed by atoms with Gasteiger partial charge in [0.15, 0.2) is 0 Å². The van der Waals surface area contributed by atoms with Crippen molar-refractivity contribution < 1.29 is 23.5 Å². The van der Waals surface area contributed by atoms with Crippen LogP contribution >= 0.6 is 0 Å². The fourth-order valence-corrected chi connectivity index (χ4v) is 2.70. The third kappa shape index (κ3) is 4.00. The number of amides is 1. The first kappa shape index (κ1) is 17.2. The Bertz CT molecular complexity index is 624. The summed E-state index contributed by atoms with van der Waals surface area (Å²) in [7, 11) is 0.